The van der Waals surface area contributed by atoms with Crippen LogP contribution in [0.25, 0.3) is 126 Å². The second-order valence-corrected chi connectivity index (χ2v) is 16.3. The number of furan rings is 1. The highest BCUT2D eigenvalue weighted by atomic mass is 16.3. The molecule has 0 N–H and O–H groups in total. The summed E-state index contributed by atoms with van der Waals surface area (Å²) in [6.07, 6.45) is 0. The SMILES string of the molecule is c1ccc(-c2c3ccccc3c(-c3ccc(-c4ccc5oc6ccccc6c5c4-c4ccc5c(c4)c4ccccc4n5-c4ccccc4)c4ccccc34)c3ccccc23)cc1. The maximum atomic E-state index is 6.61. The van der Waals surface area contributed by atoms with Crippen LogP contribution in [0.15, 0.2) is 229 Å². The zero-order valence-electron chi connectivity index (χ0n) is 33.7. The smallest absolute Gasteiger partial charge is 0.136 e. The molecule has 0 spiro atoms. The van der Waals surface area contributed by atoms with Crippen molar-refractivity contribution in [2.45, 2.75) is 0 Å². The van der Waals surface area contributed by atoms with E-state index in [0.29, 0.717) is 0 Å². The van der Waals surface area contributed by atoms with E-state index in [2.05, 4.69) is 229 Å². The number of para-hydroxylation sites is 3. The van der Waals surface area contributed by atoms with Gasteiger partial charge in [-0.05, 0) is 120 Å². The van der Waals surface area contributed by atoms with Gasteiger partial charge in [-0.15, -0.1) is 0 Å². The van der Waals surface area contributed by atoms with Gasteiger partial charge in [-0.2, -0.15) is 0 Å². The Morgan fingerprint density at radius 3 is 1.50 bits per heavy atom. The fourth-order valence-corrected chi connectivity index (χ4v) is 10.4. The van der Waals surface area contributed by atoms with Gasteiger partial charge < -0.3 is 8.98 Å². The first kappa shape index (κ1) is 34.6. The summed E-state index contributed by atoms with van der Waals surface area (Å²) in [5.74, 6) is 0. The molecule has 13 rings (SSSR count). The molecule has 11 aromatic carbocycles. The van der Waals surface area contributed by atoms with Gasteiger partial charge >= 0.3 is 0 Å². The molecule has 0 aliphatic carbocycles. The summed E-state index contributed by atoms with van der Waals surface area (Å²) in [6, 6.07) is 81.7. The van der Waals surface area contributed by atoms with E-state index in [1.165, 1.54) is 93.1 Å². The molecule has 0 saturated carbocycles. The molecule has 0 bridgehead atoms. The van der Waals surface area contributed by atoms with Crippen molar-refractivity contribution in [2.75, 3.05) is 0 Å². The van der Waals surface area contributed by atoms with Crippen LogP contribution in [0, 0.1) is 0 Å². The van der Waals surface area contributed by atoms with Gasteiger partial charge in [0, 0.05) is 32.8 Å². The molecular formula is C60H37NO. The van der Waals surface area contributed by atoms with E-state index in [4.69, 9.17) is 4.42 Å². The Labute approximate surface area is 358 Å². The molecule has 13 aromatic rings. The molecule has 0 radical (unpaired) electrons. The highest BCUT2D eigenvalue weighted by Gasteiger charge is 2.23. The summed E-state index contributed by atoms with van der Waals surface area (Å²) in [5, 5.41) is 12.1. The summed E-state index contributed by atoms with van der Waals surface area (Å²) in [4.78, 5) is 0. The lowest BCUT2D eigenvalue weighted by atomic mass is 9.83. The summed E-state index contributed by atoms with van der Waals surface area (Å²) >= 11 is 0. The predicted octanol–water partition coefficient (Wildman–Crippen LogP) is 16.8. The van der Waals surface area contributed by atoms with Crippen molar-refractivity contribution in [1.82, 2.24) is 4.57 Å². The van der Waals surface area contributed by atoms with Crippen LogP contribution in [0.3, 0.4) is 0 Å². The Hall–Kier alpha value is -8.20. The number of hydrogen-bond acceptors (Lipinski definition) is 1. The normalized spacial score (nSPS) is 11.9. The lowest BCUT2D eigenvalue weighted by Crippen LogP contribution is -1.94. The van der Waals surface area contributed by atoms with E-state index in [1.807, 2.05) is 0 Å². The van der Waals surface area contributed by atoms with Gasteiger partial charge in [-0.25, -0.2) is 0 Å². The quantitative estimate of drug-likeness (QED) is 0.159. The predicted molar refractivity (Wildman–Crippen MR) is 262 cm³/mol. The third-order valence-corrected chi connectivity index (χ3v) is 13.0. The van der Waals surface area contributed by atoms with E-state index in [9.17, 15) is 0 Å². The minimum Gasteiger partial charge on any atom is -0.456 e. The molecule has 2 aromatic heterocycles. The van der Waals surface area contributed by atoms with E-state index < -0.39 is 0 Å². The van der Waals surface area contributed by atoms with Crippen molar-refractivity contribution in [3.05, 3.63) is 224 Å². The number of hydrogen-bond donors (Lipinski definition) is 0. The maximum absolute atomic E-state index is 6.61. The van der Waals surface area contributed by atoms with Gasteiger partial charge in [0.05, 0.1) is 11.0 Å². The van der Waals surface area contributed by atoms with Crippen LogP contribution < -0.4 is 0 Å². The molecule has 0 fully saturated rings. The fraction of sp³-hybridized carbons (Fsp3) is 0. The summed E-state index contributed by atoms with van der Waals surface area (Å²) < 4.78 is 8.99. The first-order valence-electron chi connectivity index (χ1n) is 21.3. The lowest BCUT2D eigenvalue weighted by molar-refractivity contribution is 0.669. The Morgan fingerprint density at radius 2 is 0.790 bits per heavy atom. The average Bonchev–Trinajstić information content (AvgIpc) is 3.89. The maximum Gasteiger partial charge on any atom is 0.136 e. The molecular weight excluding hydrogens is 751 g/mol. The van der Waals surface area contributed by atoms with Gasteiger partial charge in [-0.1, -0.05) is 176 Å². The van der Waals surface area contributed by atoms with Crippen molar-refractivity contribution < 1.29 is 4.42 Å². The zero-order chi connectivity index (χ0) is 40.7. The monoisotopic (exact) mass is 787 g/mol. The van der Waals surface area contributed by atoms with Gasteiger partial charge in [0.1, 0.15) is 11.2 Å². The summed E-state index contributed by atoms with van der Waals surface area (Å²) in [5.41, 5.74) is 15.0. The highest BCUT2D eigenvalue weighted by molar-refractivity contribution is 6.25. The van der Waals surface area contributed by atoms with Crippen LogP contribution in [0.1, 0.15) is 0 Å². The van der Waals surface area contributed by atoms with Crippen molar-refractivity contribution in [2.24, 2.45) is 0 Å². The van der Waals surface area contributed by atoms with Gasteiger partial charge in [0.25, 0.3) is 0 Å². The molecule has 0 aliphatic heterocycles. The minimum absolute atomic E-state index is 0.883. The number of benzene rings is 11. The topological polar surface area (TPSA) is 18.1 Å². The molecule has 2 heterocycles. The third kappa shape index (κ3) is 5.11. The molecule has 2 heteroatoms. The van der Waals surface area contributed by atoms with E-state index in [0.717, 1.165) is 33.2 Å². The zero-order valence-corrected chi connectivity index (χ0v) is 33.7. The molecule has 0 amide bonds. The second-order valence-electron chi connectivity index (χ2n) is 16.3. The first-order valence-corrected chi connectivity index (χ1v) is 21.3. The van der Waals surface area contributed by atoms with Crippen molar-refractivity contribution in [3.8, 4) is 50.2 Å². The molecule has 288 valence electrons. The number of nitrogens with zero attached hydrogens (tertiary/aromatic N) is 1. The first-order chi connectivity index (χ1) is 30.8. The molecule has 62 heavy (non-hydrogen) atoms. The lowest BCUT2D eigenvalue weighted by Gasteiger charge is -2.20. The van der Waals surface area contributed by atoms with Gasteiger partial charge in [0.2, 0.25) is 0 Å². The average molecular weight is 788 g/mol. The molecule has 0 saturated heterocycles. The van der Waals surface area contributed by atoms with Crippen LogP contribution in [0.5, 0.6) is 0 Å². The Balaban J connectivity index is 1.10. The van der Waals surface area contributed by atoms with Gasteiger partial charge in [0.15, 0.2) is 0 Å². The Bertz CT molecular complexity index is 3850. The van der Waals surface area contributed by atoms with Crippen LogP contribution in [0.4, 0.5) is 0 Å². The Kier molecular flexibility index (Phi) is 7.64. The fourth-order valence-electron chi connectivity index (χ4n) is 10.4. The molecule has 0 atom stereocenters. The number of aromatic nitrogens is 1. The van der Waals surface area contributed by atoms with Crippen LogP contribution in [0.2, 0.25) is 0 Å². The van der Waals surface area contributed by atoms with Crippen LogP contribution in [-0.4, -0.2) is 4.57 Å². The standard InChI is InChI=1S/C60H37NO/c1-3-17-38(18-4-1)57-45-24-9-11-26-47(45)59(48-27-12-10-25-46(48)57)50-33-32-43(41-21-7-8-22-42(41)50)49-34-36-56-60(51-28-14-16-30-55(51)62-56)58(49)39-31-35-54-52(37-39)44-23-13-15-29-53(44)61(54)40-19-5-2-6-20-40/h1-37H. The van der Waals surface area contributed by atoms with Crippen LogP contribution >= 0.6 is 0 Å². The van der Waals surface area contributed by atoms with E-state index in [1.54, 1.807) is 0 Å². The summed E-state index contributed by atoms with van der Waals surface area (Å²) in [6.45, 7) is 0. The molecule has 0 aliphatic rings. The summed E-state index contributed by atoms with van der Waals surface area (Å²) in [7, 11) is 0. The van der Waals surface area contributed by atoms with E-state index in [-0.39, 0.29) is 0 Å². The van der Waals surface area contributed by atoms with Crippen molar-refractivity contribution in [3.63, 3.8) is 0 Å². The largest absolute Gasteiger partial charge is 0.456 e. The number of fused-ring (bicyclic) bond motifs is 9. The van der Waals surface area contributed by atoms with Crippen molar-refractivity contribution >= 4 is 76.1 Å². The molecule has 2 nitrogen and oxygen atoms in total. The second kappa shape index (κ2) is 13.7. The third-order valence-electron chi connectivity index (χ3n) is 13.0. The number of rotatable bonds is 5. The van der Waals surface area contributed by atoms with Crippen LogP contribution in [-0.2, 0) is 0 Å². The minimum atomic E-state index is 0.883. The molecule has 0 unspecified atom stereocenters. The Morgan fingerprint density at radius 1 is 0.274 bits per heavy atom. The van der Waals surface area contributed by atoms with Crippen molar-refractivity contribution in [1.29, 1.82) is 0 Å². The highest BCUT2D eigenvalue weighted by Crippen LogP contribution is 2.49. The van der Waals surface area contributed by atoms with Gasteiger partial charge in [-0.3, -0.25) is 0 Å². The van der Waals surface area contributed by atoms with E-state index >= 15 is 0 Å².